The first-order valence-corrected chi connectivity index (χ1v) is 8.84. The predicted molar refractivity (Wildman–Crippen MR) is 70.0 cm³/mol. The molecule has 0 spiro atoms. The van der Waals surface area contributed by atoms with E-state index in [-0.39, 0.29) is 11.2 Å². The highest BCUT2D eigenvalue weighted by molar-refractivity contribution is 7.23. The molecule has 0 fully saturated rings. The molecule has 0 aliphatic heterocycles. The van der Waals surface area contributed by atoms with E-state index in [1.165, 1.54) is 0 Å². The van der Waals surface area contributed by atoms with E-state index in [0.717, 1.165) is 12.8 Å². The second kappa shape index (κ2) is 8.28. The zero-order valence-electron chi connectivity index (χ0n) is 11.4. The Morgan fingerprint density at radius 1 is 0.824 bits per heavy atom. The van der Waals surface area contributed by atoms with Gasteiger partial charge < -0.3 is 9.47 Å². The third kappa shape index (κ3) is 4.15. The zero-order chi connectivity index (χ0) is 13.3. The Labute approximate surface area is 105 Å². The van der Waals surface area contributed by atoms with E-state index < -0.39 is 8.07 Å². The second-order valence-electron chi connectivity index (χ2n) is 4.02. The van der Waals surface area contributed by atoms with Crippen LogP contribution in [0, 0.1) is 0 Å². The Kier molecular flexibility index (Phi) is 7.87. The highest BCUT2D eigenvalue weighted by Gasteiger charge is 2.51. The lowest BCUT2D eigenvalue weighted by atomic mass is 10.6. The third-order valence-corrected chi connectivity index (χ3v) is 7.24. The Balaban J connectivity index is 5.09. The summed E-state index contributed by atoms with van der Waals surface area (Å²) in [4.78, 5) is 24.2. The summed E-state index contributed by atoms with van der Waals surface area (Å²) in [6.45, 7) is 8.13. The number of ether oxygens (including phenoxy) is 2. The maximum atomic E-state index is 12.1. The minimum atomic E-state index is -2.77. The topological polar surface area (TPSA) is 52.6 Å². The minimum Gasteiger partial charge on any atom is -0.470 e. The van der Waals surface area contributed by atoms with Gasteiger partial charge in [0.25, 0.3) is 11.2 Å². The predicted octanol–water partition coefficient (Wildman–Crippen LogP) is 3.73. The van der Waals surface area contributed by atoms with Crippen molar-refractivity contribution >= 4 is 19.3 Å². The standard InChI is InChI=1S/C12H24O4Si/c1-5-9-17(10-6-2,11(13)15-7-3)12(14)16-8-4/h5-10H2,1-4H3. The highest BCUT2D eigenvalue weighted by Crippen LogP contribution is 2.25. The molecule has 0 aromatic carbocycles. The maximum absolute atomic E-state index is 12.1. The van der Waals surface area contributed by atoms with Gasteiger partial charge in [0.2, 0.25) is 0 Å². The molecule has 0 saturated heterocycles. The number of hydrogen-bond donors (Lipinski definition) is 0. The molecule has 0 aliphatic carbocycles. The van der Waals surface area contributed by atoms with Gasteiger partial charge in [0.1, 0.15) is 0 Å². The van der Waals surface area contributed by atoms with Crippen molar-refractivity contribution in [2.45, 2.75) is 52.6 Å². The van der Waals surface area contributed by atoms with Gasteiger partial charge in [-0.05, 0) is 25.9 Å². The molecule has 0 aliphatic rings. The van der Waals surface area contributed by atoms with Gasteiger partial charge in [0.05, 0.1) is 13.2 Å². The van der Waals surface area contributed by atoms with Crippen LogP contribution in [0.5, 0.6) is 0 Å². The summed E-state index contributed by atoms with van der Waals surface area (Å²) in [5, 5.41) is 0. The van der Waals surface area contributed by atoms with Crippen molar-refractivity contribution in [1.82, 2.24) is 0 Å². The second-order valence-corrected chi connectivity index (χ2v) is 8.00. The van der Waals surface area contributed by atoms with Crippen molar-refractivity contribution in [3.05, 3.63) is 0 Å². The van der Waals surface area contributed by atoms with Crippen LogP contribution in [-0.4, -0.2) is 32.5 Å². The molecule has 0 radical (unpaired) electrons. The Hall–Kier alpha value is -0.843. The summed E-state index contributed by atoms with van der Waals surface area (Å²) in [5.74, 6) is 0. The van der Waals surface area contributed by atoms with Crippen molar-refractivity contribution in [2.24, 2.45) is 0 Å². The van der Waals surface area contributed by atoms with Crippen LogP contribution in [0.15, 0.2) is 0 Å². The number of carbonyl (C=O) groups excluding carboxylic acids is 2. The van der Waals surface area contributed by atoms with E-state index in [0.29, 0.717) is 25.3 Å². The maximum Gasteiger partial charge on any atom is 0.311 e. The van der Waals surface area contributed by atoms with Crippen LogP contribution in [0.4, 0.5) is 9.59 Å². The summed E-state index contributed by atoms with van der Waals surface area (Å²) < 4.78 is 10.2. The van der Waals surface area contributed by atoms with Gasteiger partial charge in [0.15, 0.2) is 0 Å². The fourth-order valence-corrected chi connectivity index (χ4v) is 5.79. The summed E-state index contributed by atoms with van der Waals surface area (Å²) in [7, 11) is -2.77. The summed E-state index contributed by atoms with van der Waals surface area (Å²) >= 11 is 0. The SMILES string of the molecule is CCC[Si](CCC)(C(=O)OCC)C(=O)OCC. The van der Waals surface area contributed by atoms with Gasteiger partial charge in [-0.25, -0.2) is 0 Å². The van der Waals surface area contributed by atoms with Crippen LogP contribution < -0.4 is 0 Å². The summed E-state index contributed by atoms with van der Waals surface area (Å²) in [6, 6.07) is 1.25. The van der Waals surface area contributed by atoms with E-state index in [1.54, 1.807) is 13.8 Å². The van der Waals surface area contributed by atoms with Crippen LogP contribution in [0.1, 0.15) is 40.5 Å². The van der Waals surface area contributed by atoms with E-state index in [2.05, 4.69) is 0 Å². The van der Waals surface area contributed by atoms with Crippen LogP contribution in [-0.2, 0) is 9.47 Å². The molecule has 0 aromatic heterocycles. The lowest BCUT2D eigenvalue weighted by Gasteiger charge is -2.25. The van der Waals surface area contributed by atoms with Crippen molar-refractivity contribution in [1.29, 1.82) is 0 Å². The molecule has 0 N–H and O–H groups in total. The van der Waals surface area contributed by atoms with Gasteiger partial charge in [-0.1, -0.05) is 26.7 Å². The minimum absolute atomic E-state index is 0.304. The molecule has 4 nitrogen and oxygen atoms in total. The average Bonchev–Trinajstić information content (AvgIpc) is 2.29. The van der Waals surface area contributed by atoms with Gasteiger partial charge in [-0.15, -0.1) is 0 Å². The molecule has 17 heavy (non-hydrogen) atoms. The molecular weight excluding hydrogens is 236 g/mol. The molecule has 0 saturated carbocycles. The van der Waals surface area contributed by atoms with Gasteiger partial charge >= 0.3 is 8.07 Å². The Morgan fingerprint density at radius 3 is 1.41 bits per heavy atom. The zero-order valence-corrected chi connectivity index (χ0v) is 12.4. The van der Waals surface area contributed by atoms with Crippen molar-refractivity contribution < 1.29 is 19.1 Å². The lowest BCUT2D eigenvalue weighted by molar-refractivity contribution is 0.166. The first-order valence-electron chi connectivity index (χ1n) is 6.43. The molecule has 100 valence electrons. The Bertz CT molecular complexity index is 227. The van der Waals surface area contributed by atoms with Gasteiger partial charge in [-0.3, -0.25) is 9.59 Å². The molecule has 0 heterocycles. The average molecular weight is 260 g/mol. The number of carbonyl (C=O) groups is 2. The van der Waals surface area contributed by atoms with E-state index in [1.807, 2.05) is 13.8 Å². The van der Waals surface area contributed by atoms with Crippen LogP contribution in [0.2, 0.25) is 12.1 Å². The normalized spacial score (nSPS) is 11.1. The smallest absolute Gasteiger partial charge is 0.311 e. The number of hydrogen-bond acceptors (Lipinski definition) is 4. The molecule has 0 bridgehead atoms. The van der Waals surface area contributed by atoms with E-state index >= 15 is 0 Å². The van der Waals surface area contributed by atoms with Crippen molar-refractivity contribution in [3.63, 3.8) is 0 Å². The van der Waals surface area contributed by atoms with Crippen molar-refractivity contribution in [3.8, 4) is 0 Å². The molecule has 0 rings (SSSR count). The van der Waals surface area contributed by atoms with Crippen LogP contribution in [0.25, 0.3) is 0 Å². The largest absolute Gasteiger partial charge is 0.470 e. The van der Waals surface area contributed by atoms with E-state index in [9.17, 15) is 9.59 Å². The molecule has 5 heteroatoms. The van der Waals surface area contributed by atoms with Crippen LogP contribution >= 0.6 is 0 Å². The van der Waals surface area contributed by atoms with Crippen LogP contribution in [0.3, 0.4) is 0 Å². The summed E-state index contributed by atoms with van der Waals surface area (Å²) in [5.41, 5.74) is -0.607. The first kappa shape index (κ1) is 16.2. The summed E-state index contributed by atoms with van der Waals surface area (Å²) in [6.07, 6.45) is 1.62. The Morgan fingerprint density at radius 2 is 1.18 bits per heavy atom. The molecule has 0 aromatic rings. The monoisotopic (exact) mass is 260 g/mol. The first-order chi connectivity index (χ1) is 8.08. The van der Waals surface area contributed by atoms with Gasteiger partial charge in [-0.2, -0.15) is 0 Å². The quantitative estimate of drug-likeness (QED) is 0.624. The van der Waals surface area contributed by atoms with Crippen molar-refractivity contribution in [2.75, 3.05) is 13.2 Å². The molecule has 0 atom stereocenters. The lowest BCUT2D eigenvalue weighted by Crippen LogP contribution is -2.52. The van der Waals surface area contributed by atoms with E-state index in [4.69, 9.17) is 9.47 Å². The molecular formula is C12H24O4Si. The third-order valence-electron chi connectivity index (χ3n) is 2.69. The molecule has 0 unspecified atom stereocenters. The highest BCUT2D eigenvalue weighted by atomic mass is 28.3. The van der Waals surface area contributed by atoms with Gasteiger partial charge in [0, 0.05) is 0 Å². The number of rotatable bonds is 8. The fourth-order valence-electron chi connectivity index (χ4n) is 2.01. The molecule has 0 amide bonds. The fraction of sp³-hybridized carbons (Fsp3) is 0.833.